The number of carbonyl (C=O) groups is 2. The summed E-state index contributed by atoms with van der Waals surface area (Å²) in [4.78, 5) is 31.3. The predicted molar refractivity (Wildman–Crippen MR) is 90.0 cm³/mol. The maximum atomic E-state index is 12.3. The topological polar surface area (TPSA) is 90.4 Å². The van der Waals surface area contributed by atoms with Gasteiger partial charge in [-0.3, -0.25) is 9.59 Å². The first-order valence-corrected chi connectivity index (χ1v) is 7.80. The molecule has 0 fully saturated rings. The summed E-state index contributed by atoms with van der Waals surface area (Å²) in [7, 11) is 1.55. The van der Waals surface area contributed by atoms with E-state index in [-0.39, 0.29) is 17.9 Å². The zero-order chi connectivity index (χ0) is 17.1. The van der Waals surface area contributed by atoms with Crippen molar-refractivity contribution in [2.75, 3.05) is 7.05 Å². The smallest absolute Gasteiger partial charge is 0.268 e. The number of benzene rings is 1. The van der Waals surface area contributed by atoms with Gasteiger partial charge in [0.15, 0.2) is 0 Å². The van der Waals surface area contributed by atoms with E-state index in [4.69, 9.17) is 0 Å². The standard InChI is InChI=1S/C17H19N5O2/c1-11(19-17(24)13-8-9-15(23)22(2)21-13)16-18-10-14(20-16)12-6-4-3-5-7-12/h3-7,10-11H,8-9H2,1-2H3,(H,18,20)(H,19,24)/t11-/m0/s1. The molecule has 0 spiro atoms. The molecule has 2 heterocycles. The van der Waals surface area contributed by atoms with E-state index in [0.717, 1.165) is 11.3 Å². The van der Waals surface area contributed by atoms with Crippen LogP contribution in [0.1, 0.15) is 31.6 Å². The van der Waals surface area contributed by atoms with Crippen molar-refractivity contribution in [3.8, 4) is 11.3 Å². The summed E-state index contributed by atoms with van der Waals surface area (Å²) in [6.07, 6.45) is 2.41. The summed E-state index contributed by atoms with van der Waals surface area (Å²) < 4.78 is 0. The highest BCUT2D eigenvalue weighted by Crippen LogP contribution is 2.19. The first kappa shape index (κ1) is 15.9. The number of hydrazone groups is 1. The number of aromatic nitrogens is 2. The lowest BCUT2D eigenvalue weighted by Gasteiger charge is -2.20. The molecule has 0 aliphatic carbocycles. The molecule has 2 amide bonds. The highest BCUT2D eigenvalue weighted by atomic mass is 16.2. The fourth-order valence-corrected chi connectivity index (χ4v) is 2.50. The molecule has 7 nitrogen and oxygen atoms in total. The van der Waals surface area contributed by atoms with Crippen molar-refractivity contribution in [3.05, 3.63) is 42.4 Å². The molecule has 0 bridgehead atoms. The maximum Gasteiger partial charge on any atom is 0.268 e. The number of carbonyl (C=O) groups excluding carboxylic acids is 2. The van der Waals surface area contributed by atoms with Gasteiger partial charge in [0, 0.05) is 19.9 Å². The number of hydrogen-bond acceptors (Lipinski definition) is 4. The van der Waals surface area contributed by atoms with Crippen LogP contribution in [-0.4, -0.2) is 39.6 Å². The van der Waals surface area contributed by atoms with Gasteiger partial charge in [-0.05, 0) is 12.5 Å². The van der Waals surface area contributed by atoms with Crippen LogP contribution >= 0.6 is 0 Å². The highest BCUT2D eigenvalue weighted by molar-refractivity contribution is 6.39. The van der Waals surface area contributed by atoms with E-state index >= 15 is 0 Å². The Bertz CT molecular complexity index is 781. The fourth-order valence-electron chi connectivity index (χ4n) is 2.50. The van der Waals surface area contributed by atoms with Gasteiger partial charge in [-0.25, -0.2) is 9.99 Å². The lowest BCUT2D eigenvalue weighted by atomic mass is 10.1. The Labute approximate surface area is 139 Å². The van der Waals surface area contributed by atoms with Crippen LogP contribution in [0, 0.1) is 0 Å². The van der Waals surface area contributed by atoms with Gasteiger partial charge in [-0.2, -0.15) is 5.10 Å². The molecule has 1 aliphatic heterocycles. The van der Waals surface area contributed by atoms with E-state index in [9.17, 15) is 9.59 Å². The molecule has 0 radical (unpaired) electrons. The predicted octanol–water partition coefficient (Wildman–Crippen LogP) is 1.86. The molecule has 1 aromatic heterocycles. The van der Waals surface area contributed by atoms with Gasteiger partial charge in [0.2, 0.25) is 5.91 Å². The Balaban J connectivity index is 1.68. The molecule has 2 aromatic rings. The van der Waals surface area contributed by atoms with Crippen LogP contribution < -0.4 is 5.32 Å². The molecular weight excluding hydrogens is 306 g/mol. The van der Waals surface area contributed by atoms with Crippen LogP contribution in [0.25, 0.3) is 11.3 Å². The zero-order valence-electron chi connectivity index (χ0n) is 13.6. The van der Waals surface area contributed by atoms with Crippen LogP contribution in [0.3, 0.4) is 0 Å². The average molecular weight is 325 g/mol. The Morgan fingerprint density at radius 2 is 2.04 bits per heavy atom. The second-order valence-corrected chi connectivity index (χ2v) is 5.71. The third-order valence-electron chi connectivity index (χ3n) is 3.91. The summed E-state index contributed by atoms with van der Waals surface area (Å²) in [5.74, 6) is 0.306. The maximum absolute atomic E-state index is 12.3. The van der Waals surface area contributed by atoms with Gasteiger partial charge in [0.05, 0.1) is 17.9 Å². The molecule has 7 heteroatoms. The molecule has 1 atom stereocenters. The molecule has 0 unspecified atom stereocenters. The van der Waals surface area contributed by atoms with Crippen LogP contribution in [0.15, 0.2) is 41.6 Å². The Morgan fingerprint density at radius 3 is 2.75 bits per heavy atom. The van der Waals surface area contributed by atoms with Crippen LogP contribution in [0.4, 0.5) is 0 Å². The summed E-state index contributed by atoms with van der Waals surface area (Å²) in [5, 5.41) is 8.10. The monoisotopic (exact) mass is 325 g/mol. The Kier molecular flexibility index (Phi) is 4.41. The number of H-pyrrole nitrogens is 1. The van der Waals surface area contributed by atoms with E-state index in [1.165, 1.54) is 5.01 Å². The Morgan fingerprint density at radius 1 is 1.29 bits per heavy atom. The third kappa shape index (κ3) is 3.34. The first-order valence-electron chi connectivity index (χ1n) is 7.80. The summed E-state index contributed by atoms with van der Waals surface area (Å²) in [6, 6.07) is 9.56. The van der Waals surface area contributed by atoms with Gasteiger partial charge >= 0.3 is 0 Å². The number of imidazole rings is 1. The van der Waals surface area contributed by atoms with E-state index in [0.29, 0.717) is 24.4 Å². The van der Waals surface area contributed by atoms with Crippen molar-refractivity contribution in [1.82, 2.24) is 20.3 Å². The zero-order valence-corrected chi connectivity index (χ0v) is 13.6. The van der Waals surface area contributed by atoms with Crippen molar-refractivity contribution in [2.45, 2.75) is 25.8 Å². The first-order chi connectivity index (χ1) is 11.5. The van der Waals surface area contributed by atoms with Gasteiger partial charge in [-0.15, -0.1) is 0 Å². The molecule has 1 aliphatic rings. The minimum Gasteiger partial charge on any atom is -0.341 e. The van der Waals surface area contributed by atoms with Crippen molar-refractivity contribution < 1.29 is 9.59 Å². The third-order valence-corrected chi connectivity index (χ3v) is 3.91. The van der Waals surface area contributed by atoms with Crippen molar-refractivity contribution in [2.24, 2.45) is 5.10 Å². The summed E-state index contributed by atoms with van der Waals surface area (Å²) >= 11 is 0. The normalized spacial score (nSPS) is 15.8. The number of aromatic amines is 1. The summed E-state index contributed by atoms with van der Waals surface area (Å²) in [6.45, 7) is 1.85. The minimum atomic E-state index is -0.291. The van der Waals surface area contributed by atoms with E-state index in [1.807, 2.05) is 37.3 Å². The molecule has 3 rings (SSSR count). The second-order valence-electron chi connectivity index (χ2n) is 5.71. The average Bonchev–Trinajstić information content (AvgIpc) is 3.08. The van der Waals surface area contributed by atoms with E-state index < -0.39 is 0 Å². The summed E-state index contributed by atoms with van der Waals surface area (Å²) in [5.41, 5.74) is 2.29. The number of amides is 2. The lowest BCUT2D eigenvalue weighted by molar-refractivity contribution is -0.130. The van der Waals surface area contributed by atoms with E-state index in [2.05, 4.69) is 20.4 Å². The second kappa shape index (κ2) is 6.66. The Hall–Kier alpha value is -2.96. The molecule has 0 saturated carbocycles. The van der Waals surface area contributed by atoms with Gasteiger partial charge in [0.25, 0.3) is 5.91 Å². The highest BCUT2D eigenvalue weighted by Gasteiger charge is 2.23. The molecule has 124 valence electrons. The molecule has 2 N–H and O–H groups in total. The van der Waals surface area contributed by atoms with Crippen LogP contribution in [0.5, 0.6) is 0 Å². The number of nitrogens with zero attached hydrogens (tertiary/aromatic N) is 3. The van der Waals surface area contributed by atoms with E-state index in [1.54, 1.807) is 13.2 Å². The van der Waals surface area contributed by atoms with Crippen LogP contribution in [-0.2, 0) is 9.59 Å². The molecule has 24 heavy (non-hydrogen) atoms. The largest absolute Gasteiger partial charge is 0.341 e. The molecular formula is C17H19N5O2. The van der Waals surface area contributed by atoms with Gasteiger partial charge < -0.3 is 10.3 Å². The minimum absolute atomic E-state index is 0.0851. The number of rotatable bonds is 4. The number of nitrogens with one attached hydrogen (secondary N) is 2. The van der Waals surface area contributed by atoms with Crippen molar-refractivity contribution in [3.63, 3.8) is 0 Å². The van der Waals surface area contributed by atoms with Crippen molar-refractivity contribution >= 4 is 17.5 Å². The molecule has 0 saturated heterocycles. The number of hydrogen-bond donors (Lipinski definition) is 2. The van der Waals surface area contributed by atoms with Gasteiger partial charge in [-0.1, -0.05) is 30.3 Å². The van der Waals surface area contributed by atoms with Crippen LogP contribution in [0.2, 0.25) is 0 Å². The quantitative estimate of drug-likeness (QED) is 0.899. The fraction of sp³-hybridized carbons (Fsp3) is 0.294. The SMILES string of the molecule is C[C@H](NC(=O)C1=NN(C)C(=O)CC1)c1ncc(-c2ccccc2)[nH]1. The van der Waals surface area contributed by atoms with Gasteiger partial charge in [0.1, 0.15) is 11.5 Å². The lowest BCUT2D eigenvalue weighted by Crippen LogP contribution is -2.38. The molecule has 1 aromatic carbocycles. The van der Waals surface area contributed by atoms with Crippen molar-refractivity contribution in [1.29, 1.82) is 0 Å².